The van der Waals surface area contributed by atoms with Gasteiger partial charge in [0.1, 0.15) is 0 Å². The van der Waals surface area contributed by atoms with E-state index in [9.17, 15) is 4.79 Å². The molecule has 3 unspecified atom stereocenters. The number of nitrogens with zero attached hydrogens (tertiary/aromatic N) is 2. The van der Waals surface area contributed by atoms with E-state index in [-0.39, 0.29) is 18.1 Å². The molecule has 158 valence electrons. The zero-order chi connectivity index (χ0) is 20.1. The normalized spacial score (nSPS) is 28.1. The zero-order valence-corrected chi connectivity index (χ0v) is 17.5. The molecule has 0 radical (unpaired) electrons. The quantitative estimate of drug-likeness (QED) is 0.591. The predicted octanol–water partition coefficient (Wildman–Crippen LogP) is 2.72. The third kappa shape index (κ3) is 4.92. The second-order valence-corrected chi connectivity index (χ2v) is 8.60. The molecule has 0 bridgehead atoms. The van der Waals surface area contributed by atoms with Crippen LogP contribution in [0.25, 0.3) is 0 Å². The lowest BCUT2D eigenvalue weighted by Crippen LogP contribution is -2.46. The van der Waals surface area contributed by atoms with E-state index >= 15 is 0 Å². The maximum absolute atomic E-state index is 12.7. The van der Waals surface area contributed by atoms with Crippen LogP contribution in [0.3, 0.4) is 0 Å². The molecule has 2 aliphatic heterocycles. The zero-order valence-electron chi connectivity index (χ0n) is 17.5. The molecule has 1 aliphatic carbocycles. The van der Waals surface area contributed by atoms with Gasteiger partial charge in [-0.15, -0.1) is 0 Å². The van der Waals surface area contributed by atoms with Gasteiger partial charge in [0.25, 0.3) is 0 Å². The van der Waals surface area contributed by atoms with Gasteiger partial charge >= 0.3 is 0 Å². The fourth-order valence-corrected chi connectivity index (χ4v) is 4.98. The highest BCUT2D eigenvalue weighted by Crippen LogP contribution is 2.34. The first-order chi connectivity index (χ1) is 14.2. The number of guanidine groups is 1. The maximum Gasteiger partial charge on any atom is 0.225 e. The van der Waals surface area contributed by atoms with Crippen molar-refractivity contribution in [1.29, 1.82) is 0 Å². The minimum Gasteiger partial charge on any atom is -0.373 e. The lowest BCUT2D eigenvalue weighted by molar-refractivity contribution is -0.134. The van der Waals surface area contributed by atoms with Crippen molar-refractivity contribution in [3.05, 3.63) is 35.9 Å². The number of hydrogen-bond acceptors (Lipinski definition) is 3. The van der Waals surface area contributed by atoms with Crippen LogP contribution in [0.4, 0.5) is 0 Å². The molecular weight excluding hydrogens is 364 g/mol. The molecule has 6 heteroatoms. The van der Waals surface area contributed by atoms with Gasteiger partial charge in [0.2, 0.25) is 5.91 Å². The molecule has 2 N–H and O–H groups in total. The summed E-state index contributed by atoms with van der Waals surface area (Å²) in [6, 6.07) is 10.7. The lowest BCUT2D eigenvalue weighted by Gasteiger charge is -2.23. The van der Waals surface area contributed by atoms with Crippen LogP contribution in [-0.2, 0) is 9.53 Å². The smallest absolute Gasteiger partial charge is 0.225 e. The number of likely N-dealkylation sites (tertiary alicyclic amines) is 1. The number of benzene rings is 1. The predicted molar refractivity (Wildman–Crippen MR) is 115 cm³/mol. The Labute approximate surface area is 174 Å². The Morgan fingerprint density at radius 2 is 1.97 bits per heavy atom. The molecule has 29 heavy (non-hydrogen) atoms. The SMILES string of the molecule is CN=C(NCC1CCOC1c1ccccc1)NC1CCN(C(=O)C2CCCC2)C1. The lowest BCUT2D eigenvalue weighted by atomic mass is 9.95. The molecule has 2 heterocycles. The van der Waals surface area contributed by atoms with Crippen molar-refractivity contribution in [2.45, 2.75) is 50.7 Å². The summed E-state index contributed by atoms with van der Waals surface area (Å²) in [6.45, 7) is 3.28. The molecular formula is C23H34N4O2. The van der Waals surface area contributed by atoms with Crippen molar-refractivity contribution in [2.24, 2.45) is 16.8 Å². The molecule has 2 saturated heterocycles. The largest absolute Gasteiger partial charge is 0.373 e. The second-order valence-electron chi connectivity index (χ2n) is 8.60. The van der Waals surface area contributed by atoms with Crippen LogP contribution in [0.1, 0.15) is 50.2 Å². The van der Waals surface area contributed by atoms with Crippen molar-refractivity contribution >= 4 is 11.9 Å². The van der Waals surface area contributed by atoms with Crippen molar-refractivity contribution in [3.8, 4) is 0 Å². The number of aliphatic imine (C=N–C) groups is 1. The van der Waals surface area contributed by atoms with E-state index in [2.05, 4.69) is 44.8 Å². The standard InChI is InChI=1S/C23H34N4O2/c1-24-23(25-15-19-12-14-29-21(19)17-7-3-2-4-8-17)26-20-11-13-27(16-20)22(28)18-9-5-6-10-18/h2-4,7-8,18-21H,5-6,9-16H2,1H3,(H2,24,25,26). The van der Waals surface area contributed by atoms with Gasteiger partial charge in [0.15, 0.2) is 5.96 Å². The monoisotopic (exact) mass is 398 g/mol. The summed E-state index contributed by atoms with van der Waals surface area (Å²) in [7, 11) is 1.81. The van der Waals surface area contributed by atoms with Crippen LogP contribution in [0, 0.1) is 11.8 Å². The van der Waals surface area contributed by atoms with Crippen LogP contribution >= 0.6 is 0 Å². The molecule has 1 amide bonds. The minimum atomic E-state index is 0.146. The van der Waals surface area contributed by atoms with Gasteiger partial charge in [0.05, 0.1) is 6.10 Å². The van der Waals surface area contributed by atoms with E-state index in [4.69, 9.17) is 4.74 Å². The number of hydrogen-bond donors (Lipinski definition) is 2. The Bertz CT molecular complexity index is 702. The van der Waals surface area contributed by atoms with Crippen molar-refractivity contribution in [2.75, 3.05) is 33.3 Å². The van der Waals surface area contributed by atoms with E-state index in [0.717, 1.165) is 57.9 Å². The van der Waals surface area contributed by atoms with Gasteiger partial charge in [-0.25, -0.2) is 0 Å². The Kier molecular flexibility index (Phi) is 6.70. The third-order valence-corrected chi connectivity index (χ3v) is 6.64. The Balaban J connectivity index is 1.25. The molecule has 3 aliphatic rings. The maximum atomic E-state index is 12.7. The van der Waals surface area contributed by atoms with E-state index in [1.807, 2.05) is 13.1 Å². The number of ether oxygens (including phenoxy) is 1. The van der Waals surface area contributed by atoms with E-state index in [1.165, 1.54) is 18.4 Å². The fourth-order valence-electron chi connectivity index (χ4n) is 4.98. The minimum absolute atomic E-state index is 0.146. The number of carbonyl (C=O) groups is 1. The molecule has 1 saturated carbocycles. The van der Waals surface area contributed by atoms with Crippen molar-refractivity contribution < 1.29 is 9.53 Å². The summed E-state index contributed by atoms with van der Waals surface area (Å²) in [4.78, 5) is 19.1. The number of rotatable bonds is 5. The Morgan fingerprint density at radius 1 is 1.17 bits per heavy atom. The van der Waals surface area contributed by atoms with Crippen LogP contribution in [0.2, 0.25) is 0 Å². The Hall–Kier alpha value is -2.08. The summed E-state index contributed by atoms with van der Waals surface area (Å²) < 4.78 is 6.00. The first-order valence-corrected chi connectivity index (χ1v) is 11.2. The molecule has 3 atom stereocenters. The third-order valence-electron chi connectivity index (χ3n) is 6.64. The van der Waals surface area contributed by atoms with Gasteiger partial charge in [-0.3, -0.25) is 9.79 Å². The van der Waals surface area contributed by atoms with Crippen molar-refractivity contribution in [1.82, 2.24) is 15.5 Å². The number of amides is 1. The summed E-state index contributed by atoms with van der Waals surface area (Å²) >= 11 is 0. The molecule has 1 aromatic rings. The highest BCUT2D eigenvalue weighted by Gasteiger charge is 2.33. The van der Waals surface area contributed by atoms with Gasteiger partial charge < -0.3 is 20.3 Å². The first kappa shape index (κ1) is 20.2. The van der Waals surface area contributed by atoms with Crippen LogP contribution < -0.4 is 10.6 Å². The summed E-state index contributed by atoms with van der Waals surface area (Å²) in [5.41, 5.74) is 1.25. The summed E-state index contributed by atoms with van der Waals surface area (Å²) in [5.74, 6) is 1.89. The highest BCUT2D eigenvalue weighted by molar-refractivity contribution is 5.81. The molecule has 0 spiro atoms. The molecule has 1 aromatic carbocycles. The molecule has 3 fully saturated rings. The van der Waals surface area contributed by atoms with E-state index in [1.54, 1.807) is 0 Å². The topological polar surface area (TPSA) is 66.0 Å². The average Bonchev–Trinajstić information content (AvgIpc) is 3.53. The number of nitrogens with one attached hydrogen (secondary N) is 2. The summed E-state index contributed by atoms with van der Waals surface area (Å²) in [6.07, 6.45) is 6.74. The summed E-state index contributed by atoms with van der Waals surface area (Å²) in [5, 5.41) is 7.02. The average molecular weight is 399 g/mol. The molecule has 4 rings (SSSR count). The van der Waals surface area contributed by atoms with Crippen LogP contribution in [0.5, 0.6) is 0 Å². The molecule has 6 nitrogen and oxygen atoms in total. The second kappa shape index (κ2) is 9.61. The highest BCUT2D eigenvalue weighted by atomic mass is 16.5. The van der Waals surface area contributed by atoms with E-state index < -0.39 is 0 Å². The Morgan fingerprint density at radius 3 is 2.72 bits per heavy atom. The van der Waals surface area contributed by atoms with Gasteiger partial charge in [-0.2, -0.15) is 0 Å². The van der Waals surface area contributed by atoms with Crippen LogP contribution in [-0.4, -0.2) is 56.1 Å². The van der Waals surface area contributed by atoms with Gasteiger partial charge in [-0.1, -0.05) is 43.2 Å². The van der Waals surface area contributed by atoms with Crippen molar-refractivity contribution in [3.63, 3.8) is 0 Å². The van der Waals surface area contributed by atoms with E-state index in [0.29, 0.717) is 11.8 Å². The first-order valence-electron chi connectivity index (χ1n) is 11.2. The molecule has 0 aromatic heterocycles. The fraction of sp³-hybridized carbons (Fsp3) is 0.652. The van der Waals surface area contributed by atoms with Gasteiger partial charge in [0, 0.05) is 51.2 Å². The number of carbonyl (C=O) groups excluding carboxylic acids is 1. The van der Waals surface area contributed by atoms with Gasteiger partial charge in [-0.05, 0) is 31.2 Å². The van der Waals surface area contributed by atoms with Crippen LogP contribution in [0.15, 0.2) is 35.3 Å².